The lowest BCUT2D eigenvalue weighted by Crippen LogP contribution is -1.92. The molecule has 0 fully saturated rings. The third-order valence-electron chi connectivity index (χ3n) is 2.46. The molecule has 0 bridgehead atoms. The second kappa shape index (κ2) is 6.78. The van der Waals surface area contributed by atoms with Gasteiger partial charge in [0.05, 0.1) is 10.5 Å². The van der Waals surface area contributed by atoms with Gasteiger partial charge in [-0.05, 0) is 25.0 Å². The maximum atomic E-state index is 13.0. The van der Waals surface area contributed by atoms with Crippen LogP contribution in [0.4, 0.5) is 10.1 Å². The van der Waals surface area contributed by atoms with E-state index >= 15 is 0 Å². The summed E-state index contributed by atoms with van der Waals surface area (Å²) in [5, 5.41) is 10.7. The quantitative estimate of drug-likeness (QED) is 0.420. The second-order valence-electron chi connectivity index (χ2n) is 3.86. The summed E-state index contributed by atoms with van der Waals surface area (Å²) < 4.78 is 13.0. The first-order chi connectivity index (χ1) is 8.15. The molecule has 0 heterocycles. The number of nitro groups is 1. The lowest BCUT2D eigenvalue weighted by molar-refractivity contribution is -0.385. The summed E-state index contributed by atoms with van der Waals surface area (Å²) in [4.78, 5) is 10.2. The van der Waals surface area contributed by atoms with E-state index in [2.05, 4.69) is 6.92 Å². The Morgan fingerprint density at radius 1 is 1.41 bits per heavy atom. The average molecular weight is 237 g/mol. The minimum absolute atomic E-state index is 0.0573. The molecule has 1 aromatic carbocycles. The molecule has 0 amide bonds. The van der Waals surface area contributed by atoms with E-state index < -0.39 is 10.7 Å². The number of nitrogens with zero attached hydrogens (tertiary/aromatic N) is 1. The first kappa shape index (κ1) is 13.4. The van der Waals surface area contributed by atoms with Crippen LogP contribution in [0.3, 0.4) is 0 Å². The van der Waals surface area contributed by atoms with Gasteiger partial charge in [-0.15, -0.1) is 0 Å². The Labute approximate surface area is 100 Å². The van der Waals surface area contributed by atoms with Crippen molar-refractivity contribution in [3.05, 3.63) is 45.8 Å². The Kier molecular flexibility index (Phi) is 5.33. The zero-order valence-electron chi connectivity index (χ0n) is 9.86. The smallest absolute Gasteiger partial charge is 0.258 e. The zero-order chi connectivity index (χ0) is 12.7. The topological polar surface area (TPSA) is 43.1 Å². The number of hydrogen-bond acceptors (Lipinski definition) is 2. The first-order valence-corrected chi connectivity index (χ1v) is 5.75. The van der Waals surface area contributed by atoms with Crippen molar-refractivity contribution in [3.8, 4) is 0 Å². The molecule has 4 heteroatoms. The normalized spacial score (nSPS) is 10.9. The van der Waals surface area contributed by atoms with Crippen LogP contribution in [0.25, 0.3) is 6.08 Å². The van der Waals surface area contributed by atoms with Gasteiger partial charge in [-0.2, -0.15) is 0 Å². The molecule has 17 heavy (non-hydrogen) atoms. The summed E-state index contributed by atoms with van der Waals surface area (Å²) in [6, 6.07) is 3.49. The Bertz CT molecular complexity index is 416. The SMILES string of the molecule is CCCCC/C=C/c1cc(F)ccc1[N+](=O)[O-]. The average Bonchev–Trinajstić information content (AvgIpc) is 2.28. The lowest BCUT2D eigenvalue weighted by Gasteiger charge is -1.98. The minimum atomic E-state index is -0.495. The van der Waals surface area contributed by atoms with Crippen LogP contribution in [0.2, 0.25) is 0 Å². The number of benzene rings is 1. The minimum Gasteiger partial charge on any atom is -0.258 e. The van der Waals surface area contributed by atoms with Gasteiger partial charge in [-0.1, -0.05) is 31.9 Å². The van der Waals surface area contributed by atoms with Crippen molar-refractivity contribution in [1.29, 1.82) is 0 Å². The highest BCUT2D eigenvalue weighted by Crippen LogP contribution is 2.21. The van der Waals surface area contributed by atoms with Gasteiger partial charge in [-0.25, -0.2) is 4.39 Å². The highest BCUT2D eigenvalue weighted by molar-refractivity contribution is 5.60. The molecule has 0 aliphatic carbocycles. The van der Waals surface area contributed by atoms with E-state index in [1.165, 1.54) is 12.1 Å². The van der Waals surface area contributed by atoms with Gasteiger partial charge < -0.3 is 0 Å². The fourth-order valence-electron chi connectivity index (χ4n) is 1.55. The fourth-order valence-corrected chi connectivity index (χ4v) is 1.55. The van der Waals surface area contributed by atoms with Crippen LogP contribution in [0, 0.1) is 15.9 Å². The fraction of sp³-hybridized carbons (Fsp3) is 0.385. The monoisotopic (exact) mass is 237 g/mol. The van der Waals surface area contributed by atoms with Gasteiger partial charge in [0.1, 0.15) is 5.82 Å². The largest absolute Gasteiger partial charge is 0.276 e. The zero-order valence-corrected chi connectivity index (χ0v) is 9.86. The number of allylic oxidation sites excluding steroid dienone is 1. The van der Waals surface area contributed by atoms with E-state index in [0.29, 0.717) is 5.56 Å². The van der Waals surface area contributed by atoms with Crippen LogP contribution in [0.15, 0.2) is 24.3 Å². The summed E-state index contributed by atoms with van der Waals surface area (Å²) in [6.45, 7) is 2.11. The van der Waals surface area contributed by atoms with Gasteiger partial charge in [0.15, 0.2) is 0 Å². The van der Waals surface area contributed by atoms with Crippen molar-refractivity contribution in [3.63, 3.8) is 0 Å². The van der Waals surface area contributed by atoms with Crippen LogP contribution >= 0.6 is 0 Å². The van der Waals surface area contributed by atoms with Crippen molar-refractivity contribution in [2.24, 2.45) is 0 Å². The van der Waals surface area contributed by atoms with Crippen molar-refractivity contribution >= 4 is 11.8 Å². The number of rotatable bonds is 6. The standard InChI is InChI=1S/C13H16FNO2/c1-2-3-4-5-6-7-11-10-12(14)8-9-13(11)15(16)17/h6-10H,2-5H2,1H3/b7-6+. The predicted molar refractivity (Wildman–Crippen MR) is 66.2 cm³/mol. The Balaban J connectivity index is 2.74. The molecule has 0 saturated carbocycles. The number of unbranched alkanes of at least 4 members (excludes halogenated alkanes) is 3. The molecule has 1 rings (SSSR count). The van der Waals surface area contributed by atoms with Crippen LogP contribution in [-0.2, 0) is 0 Å². The van der Waals surface area contributed by atoms with Crippen LogP contribution < -0.4 is 0 Å². The third-order valence-corrected chi connectivity index (χ3v) is 2.46. The van der Waals surface area contributed by atoms with Crippen molar-refractivity contribution in [2.75, 3.05) is 0 Å². The summed E-state index contributed by atoms with van der Waals surface area (Å²) >= 11 is 0. The van der Waals surface area contributed by atoms with Crippen LogP contribution in [0.1, 0.15) is 38.2 Å². The van der Waals surface area contributed by atoms with Gasteiger partial charge >= 0.3 is 0 Å². The van der Waals surface area contributed by atoms with Crippen molar-refractivity contribution in [2.45, 2.75) is 32.6 Å². The number of halogens is 1. The Morgan fingerprint density at radius 3 is 2.82 bits per heavy atom. The van der Waals surface area contributed by atoms with Crippen molar-refractivity contribution < 1.29 is 9.31 Å². The highest BCUT2D eigenvalue weighted by Gasteiger charge is 2.11. The van der Waals surface area contributed by atoms with Gasteiger partial charge in [0, 0.05) is 6.07 Å². The maximum absolute atomic E-state index is 13.0. The second-order valence-corrected chi connectivity index (χ2v) is 3.86. The van der Waals surface area contributed by atoms with Gasteiger partial charge in [-0.3, -0.25) is 10.1 Å². The molecule has 0 aliphatic rings. The van der Waals surface area contributed by atoms with E-state index in [0.717, 1.165) is 31.7 Å². The molecular formula is C13H16FNO2. The summed E-state index contributed by atoms with van der Waals surface area (Å²) in [5.74, 6) is -0.455. The Morgan fingerprint density at radius 2 is 2.18 bits per heavy atom. The molecule has 0 aromatic heterocycles. The third kappa shape index (κ3) is 4.34. The molecule has 0 aliphatic heterocycles. The van der Waals surface area contributed by atoms with E-state index in [9.17, 15) is 14.5 Å². The molecule has 0 unspecified atom stereocenters. The van der Waals surface area contributed by atoms with E-state index in [1.807, 2.05) is 6.08 Å². The maximum Gasteiger partial charge on any atom is 0.276 e. The lowest BCUT2D eigenvalue weighted by atomic mass is 10.1. The first-order valence-electron chi connectivity index (χ1n) is 5.75. The van der Waals surface area contributed by atoms with E-state index in [-0.39, 0.29) is 5.69 Å². The van der Waals surface area contributed by atoms with E-state index in [1.54, 1.807) is 6.08 Å². The molecule has 0 saturated heterocycles. The molecule has 1 aromatic rings. The Hall–Kier alpha value is -1.71. The molecular weight excluding hydrogens is 221 g/mol. The summed E-state index contributed by atoms with van der Waals surface area (Å²) in [6.07, 6.45) is 7.66. The molecule has 0 atom stereocenters. The molecule has 0 radical (unpaired) electrons. The molecule has 0 spiro atoms. The molecule has 92 valence electrons. The summed E-state index contributed by atoms with van der Waals surface area (Å²) in [7, 11) is 0. The molecule has 3 nitrogen and oxygen atoms in total. The van der Waals surface area contributed by atoms with E-state index in [4.69, 9.17) is 0 Å². The van der Waals surface area contributed by atoms with Gasteiger partial charge in [0.2, 0.25) is 0 Å². The highest BCUT2D eigenvalue weighted by atomic mass is 19.1. The molecule has 0 N–H and O–H groups in total. The summed E-state index contributed by atoms with van der Waals surface area (Å²) in [5.41, 5.74) is 0.268. The van der Waals surface area contributed by atoms with Gasteiger partial charge in [0.25, 0.3) is 5.69 Å². The van der Waals surface area contributed by atoms with Crippen LogP contribution in [0.5, 0.6) is 0 Å². The van der Waals surface area contributed by atoms with Crippen LogP contribution in [-0.4, -0.2) is 4.92 Å². The predicted octanol–water partition coefficient (Wildman–Crippen LogP) is 4.33. The van der Waals surface area contributed by atoms with Crippen molar-refractivity contribution in [1.82, 2.24) is 0 Å². The number of hydrogen-bond donors (Lipinski definition) is 0. The number of nitro benzene ring substituents is 1.